The zero-order chi connectivity index (χ0) is 15.5. The van der Waals surface area contributed by atoms with Crippen LogP contribution in [0.15, 0.2) is 24.3 Å². The van der Waals surface area contributed by atoms with Crippen LogP contribution >= 0.6 is 11.6 Å². The lowest BCUT2D eigenvalue weighted by molar-refractivity contribution is 0.148. The van der Waals surface area contributed by atoms with Crippen LogP contribution in [-0.4, -0.2) is 12.5 Å². The van der Waals surface area contributed by atoms with Crippen molar-refractivity contribution in [2.24, 2.45) is 17.3 Å². The Hall–Kier alpha value is -0.690. The van der Waals surface area contributed by atoms with Crippen molar-refractivity contribution in [2.75, 3.05) is 7.11 Å². The van der Waals surface area contributed by atoms with Gasteiger partial charge in [-0.05, 0) is 61.0 Å². The van der Waals surface area contributed by atoms with E-state index in [9.17, 15) is 0 Å². The maximum Gasteiger partial charge on any atom is 0.122 e. The molecule has 1 saturated carbocycles. The molecule has 1 atom stereocenters. The van der Waals surface area contributed by atoms with Crippen molar-refractivity contribution in [2.45, 2.75) is 58.3 Å². The van der Waals surface area contributed by atoms with Crippen molar-refractivity contribution in [3.05, 3.63) is 29.8 Å². The Morgan fingerprint density at radius 2 is 1.76 bits per heavy atom. The lowest BCUT2D eigenvalue weighted by Gasteiger charge is -2.38. The third kappa shape index (κ3) is 4.39. The van der Waals surface area contributed by atoms with Gasteiger partial charge in [0.15, 0.2) is 0 Å². The molecule has 21 heavy (non-hydrogen) atoms. The predicted molar refractivity (Wildman–Crippen MR) is 91.2 cm³/mol. The Morgan fingerprint density at radius 3 is 2.33 bits per heavy atom. The van der Waals surface area contributed by atoms with Crippen LogP contribution in [0.5, 0.6) is 5.75 Å². The molecule has 2 rings (SSSR count). The number of methoxy groups -OCH3 is 1. The molecule has 0 radical (unpaired) electrons. The summed E-state index contributed by atoms with van der Waals surface area (Å²) in [5.74, 6) is 2.46. The quantitative estimate of drug-likeness (QED) is 0.648. The number of hydrogen-bond donors (Lipinski definition) is 0. The van der Waals surface area contributed by atoms with E-state index in [0.29, 0.717) is 11.3 Å². The summed E-state index contributed by atoms with van der Waals surface area (Å²) in [6, 6.07) is 8.24. The van der Waals surface area contributed by atoms with Gasteiger partial charge in [-0.1, -0.05) is 39.0 Å². The molecular weight excluding hydrogens is 280 g/mol. The van der Waals surface area contributed by atoms with E-state index in [1.807, 2.05) is 12.1 Å². The summed E-state index contributed by atoms with van der Waals surface area (Å²) in [5, 5.41) is 0.224. The lowest BCUT2D eigenvalue weighted by atomic mass is 9.69. The molecule has 1 unspecified atom stereocenters. The summed E-state index contributed by atoms with van der Waals surface area (Å²) in [7, 11) is 1.73. The molecule has 0 saturated heterocycles. The van der Waals surface area contributed by atoms with Crippen molar-refractivity contribution < 1.29 is 4.74 Å². The maximum absolute atomic E-state index is 6.73. The Labute approximate surface area is 135 Å². The van der Waals surface area contributed by atoms with Gasteiger partial charge in [-0.3, -0.25) is 0 Å². The Morgan fingerprint density at radius 1 is 1.14 bits per heavy atom. The molecule has 2 heteroatoms. The molecule has 1 aromatic carbocycles. The van der Waals surface area contributed by atoms with Crippen LogP contribution in [0.25, 0.3) is 0 Å². The minimum atomic E-state index is 0.224. The molecule has 0 aromatic heterocycles. The highest BCUT2D eigenvalue weighted by Gasteiger charge is 2.32. The van der Waals surface area contributed by atoms with E-state index in [4.69, 9.17) is 16.3 Å². The van der Waals surface area contributed by atoms with Crippen LogP contribution in [-0.2, 0) is 6.42 Å². The number of halogens is 1. The monoisotopic (exact) mass is 308 g/mol. The minimum absolute atomic E-state index is 0.224. The number of hydrogen-bond acceptors (Lipinski definition) is 1. The van der Waals surface area contributed by atoms with E-state index in [1.54, 1.807) is 7.11 Å². The fraction of sp³-hybridized carbons (Fsp3) is 0.684. The van der Waals surface area contributed by atoms with E-state index >= 15 is 0 Å². The van der Waals surface area contributed by atoms with Gasteiger partial charge in [0.25, 0.3) is 0 Å². The highest BCUT2D eigenvalue weighted by atomic mass is 35.5. The molecule has 1 fully saturated rings. The summed E-state index contributed by atoms with van der Waals surface area (Å²) in [5.41, 5.74) is 1.67. The van der Waals surface area contributed by atoms with Crippen LogP contribution in [0.1, 0.15) is 52.0 Å². The predicted octanol–water partition coefficient (Wildman–Crippen LogP) is 5.70. The smallest absolute Gasteiger partial charge is 0.122 e. The van der Waals surface area contributed by atoms with Crippen molar-refractivity contribution in [1.82, 2.24) is 0 Å². The van der Waals surface area contributed by atoms with Gasteiger partial charge in [-0.25, -0.2) is 0 Å². The average molecular weight is 309 g/mol. The Kier molecular flexibility index (Phi) is 5.60. The molecule has 0 heterocycles. The highest BCUT2D eigenvalue weighted by Crippen LogP contribution is 2.42. The Balaban J connectivity index is 1.92. The van der Waals surface area contributed by atoms with Crippen molar-refractivity contribution in [3.8, 4) is 5.75 Å². The zero-order valence-corrected chi connectivity index (χ0v) is 14.6. The zero-order valence-electron chi connectivity index (χ0n) is 13.9. The number of para-hydroxylation sites is 1. The number of ether oxygens (including phenoxy) is 1. The van der Waals surface area contributed by atoms with E-state index in [2.05, 4.69) is 32.9 Å². The van der Waals surface area contributed by atoms with E-state index in [0.717, 1.165) is 18.1 Å². The molecule has 0 amide bonds. The van der Waals surface area contributed by atoms with Gasteiger partial charge < -0.3 is 4.74 Å². The van der Waals surface area contributed by atoms with Crippen molar-refractivity contribution >= 4 is 11.6 Å². The molecule has 0 spiro atoms. The number of rotatable bonds is 4. The topological polar surface area (TPSA) is 9.23 Å². The molecule has 1 aromatic rings. The van der Waals surface area contributed by atoms with E-state index in [1.165, 1.54) is 31.2 Å². The molecule has 1 nitrogen and oxygen atoms in total. The van der Waals surface area contributed by atoms with Gasteiger partial charge in [-0.2, -0.15) is 0 Å². The molecule has 1 aliphatic carbocycles. The van der Waals surface area contributed by atoms with E-state index < -0.39 is 0 Å². The second-order valence-electron chi connectivity index (χ2n) is 7.51. The summed E-state index contributed by atoms with van der Waals surface area (Å²) in [6.07, 6.45) is 6.10. The first-order chi connectivity index (χ1) is 9.91. The van der Waals surface area contributed by atoms with Crippen LogP contribution in [0.3, 0.4) is 0 Å². The summed E-state index contributed by atoms with van der Waals surface area (Å²) < 4.78 is 5.44. The van der Waals surface area contributed by atoms with Crippen molar-refractivity contribution in [3.63, 3.8) is 0 Å². The Bertz CT molecular complexity index is 441. The molecule has 0 aliphatic heterocycles. The molecule has 0 N–H and O–H groups in total. The normalized spacial score (nSPS) is 24.6. The maximum atomic E-state index is 6.73. The van der Waals surface area contributed by atoms with E-state index in [-0.39, 0.29) is 5.38 Å². The van der Waals surface area contributed by atoms with Gasteiger partial charge >= 0.3 is 0 Å². The fourth-order valence-corrected chi connectivity index (χ4v) is 4.01. The first-order valence-corrected chi connectivity index (χ1v) is 8.61. The summed E-state index contributed by atoms with van der Waals surface area (Å²) in [4.78, 5) is 0. The first-order valence-electron chi connectivity index (χ1n) is 8.17. The van der Waals surface area contributed by atoms with Crippen LogP contribution in [0, 0.1) is 17.3 Å². The van der Waals surface area contributed by atoms with Crippen molar-refractivity contribution in [1.29, 1.82) is 0 Å². The number of benzene rings is 1. The van der Waals surface area contributed by atoms with Gasteiger partial charge in [0.2, 0.25) is 0 Å². The van der Waals surface area contributed by atoms with Crippen LogP contribution in [0.4, 0.5) is 0 Å². The fourth-order valence-electron chi connectivity index (χ4n) is 3.60. The largest absolute Gasteiger partial charge is 0.496 e. The second-order valence-corrected chi connectivity index (χ2v) is 8.07. The highest BCUT2D eigenvalue weighted by molar-refractivity contribution is 6.20. The third-order valence-electron chi connectivity index (χ3n) is 5.12. The third-order valence-corrected chi connectivity index (χ3v) is 5.63. The van der Waals surface area contributed by atoms with Crippen LogP contribution in [0.2, 0.25) is 0 Å². The minimum Gasteiger partial charge on any atom is -0.496 e. The molecule has 118 valence electrons. The van der Waals surface area contributed by atoms with Crippen LogP contribution < -0.4 is 4.74 Å². The first kappa shape index (κ1) is 16.7. The van der Waals surface area contributed by atoms with Gasteiger partial charge in [0.1, 0.15) is 5.75 Å². The standard InChI is InChI=1S/C19H29ClO/c1-19(2,3)16-11-9-14(10-12-16)17(20)13-15-7-5-6-8-18(15)21-4/h5-8,14,16-17H,9-13H2,1-4H3. The summed E-state index contributed by atoms with van der Waals surface area (Å²) in [6.45, 7) is 7.10. The van der Waals surface area contributed by atoms with Gasteiger partial charge in [0, 0.05) is 5.38 Å². The lowest BCUT2D eigenvalue weighted by Crippen LogP contribution is -2.29. The molecule has 0 bridgehead atoms. The van der Waals surface area contributed by atoms with Gasteiger partial charge in [0.05, 0.1) is 7.11 Å². The second kappa shape index (κ2) is 7.05. The summed E-state index contributed by atoms with van der Waals surface area (Å²) >= 11 is 6.73. The number of alkyl halides is 1. The van der Waals surface area contributed by atoms with Gasteiger partial charge in [-0.15, -0.1) is 11.6 Å². The molecular formula is C19H29ClO. The average Bonchev–Trinajstić information content (AvgIpc) is 2.47. The molecule has 1 aliphatic rings. The SMILES string of the molecule is COc1ccccc1CC(Cl)C1CCC(C(C)(C)C)CC1.